The number of nitrogens with zero attached hydrogens (tertiary/aromatic N) is 1. The van der Waals surface area contributed by atoms with Crippen LogP contribution in [-0.2, 0) is 4.74 Å². The molecular weight excluding hydrogens is 274 g/mol. The number of carbonyl (C=O) groups is 1. The average molecular weight is 293 g/mol. The van der Waals surface area contributed by atoms with E-state index in [0.717, 1.165) is 12.8 Å². The van der Waals surface area contributed by atoms with Crippen molar-refractivity contribution in [3.8, 4) is 0 Å². The third-order valence-electron chi connectivity index (χ3n) is 3.75. The lowest BCUT2D eigenvalue weighted by Gasteiger charge is -2.34. The Bertz CT molecular complexity index is 553. The molecule has 2 rings (SSSR count). The SMILES string of the molecule is CNc1c(C(=O)NC2(C)CCOCC2)cccc1[N+](=O)[O-]. The molecule has 0 aromatic heterocycles. The number of anilines is 1. The van der Waals surface area contributed by atoms with Gasteiger partial charge in [-0.2, -0.15) is 0 Å². The van der Waals surface area contributed by atoms with Crippen molar-refractivity contribution in [2.24, 2.45) is 0 Å². The number of nitrogens with one attached hydrogen (secondary N) is 2. The molecule has 0 aliphatic carbocycles. The standard InChI is InChI=1S/C14H19N3O4/c1-14(6-8-21-9-7-14)16-13(18)10-4-3-5-11(17(19)20)12(10)15-2/h3-5,15H,6-9H2,1-2H3,(H,16,18). The highest BCUT2D eigenvalue weighted by molar-refractivity contribution is 6.02. The number of hydrogen-bond acceptors (Lipinski definition) is 5. The van der Waals surface area contributed by atoms with E-state index in [2.05, 4.69) is 10.6 Å². The predicted octanol–water partition coefficient (Wildman–Crippen LogP) is 1.94. The Kier molecular flexibility index (Phi) is 4.42. The van der Waals surface area contributed by atoms with Crippen molar-refractivity contribution in [1.29, 1.82) is 0 Å². The fourth-order valence-electron chi connectivity index (χ4n) is 2.43. The molecule has 7 nitrogen and oxygen atoms in total. The minimum atomic E-state index is -0.501. The normalized spacial score (nSPS) is 17.0. The van der Waals surface area contributed by atoms with Gasteiger partial charge in [-0.05, 0) is 25.8 Å². The zero-order valence-corrected chi connectivity index (χ0v) is 12.1. The Morgan fingerprint density at radius 2 is 2.05 bits per heavy atom. The van der Waals surface area contributed by atoms with Crippen LogP contribution < -0.4 is 10.6 Å². The van der Waals surface area contributed by atoms with E-state index >= 15 is 0 Å². The largest absolute Gasteiger partial charge is 0.382 e. The molecule has 1 amide bonds. The van der Waals surface area contributed by atoms with E-state index in [9.17, 15) is 14.9 Å². The third-order valence-corrected chi connectivity index (χ3v) is 3.75. The summed E-state index contributed by atoms with van der Waals surface area (Å²) in [5, 5.41) is 16.7. The maximum absolute atomic E-state index is 12.5. The van der Waals surface area contributed by atoms with Crippen LogP contribution in [0.5, 0.6) is 0 Å². The number of ether oxygens (including phenoxy) is 1. The molecule has 1 aliphatic rings. The first kappa shape index (κ1) is 15.2. The van der Waals surface area contributed by atoms with Gasteiger partial charge in [0.15, 0.2) is 0 Å². The molecule has 1 aromatic carbocycles. The molecule has 1 heterocycles. The van der Waals surface area contributed by atoms with Gasteiger partial charge in [-0.15, -0.1) is 0 Å². The molecule has 0 radical (unpaired) electrons. The summed E-state index contributed by atoms with van der Waals surface area (Å²) < 4.78 is 5.29. The number of para-hydroxylation sites is 1. The molecule has 1 aromatic rings. The molecule has 1 fully saturated rings. The van der Waals surface area contributed by atoms with Gasteiger partial charge in [0, 0.05) is 31.9 Å². The Balaban J connectivity index is 2.26. The predicted molar refractivity (Wildman–Crippen MR) is 78.6 cm³/mol. The molecule has 2 N–H and O–H groups in total. The smallest absolute Gasteiger partial charge is 0.293 e. The maximum atomic E-state index is 12.5. The van der Waals surface area contributed by atoms with Crippen LogP contribution in [0.25, 0.3) is 0 Å². The summed E-state index contributed by atoms with van der Waals surface area (Å²) >= 11 is 0. The van der Waals surface area contributed by atoms with Gasteiger partial charge >= 0.3 is 0 Å². The molecule has 0 bridgehead atoms. The summed E-state index contributed by atoms with van der Waals surface area (Å²) in [6.07, 6.45) is 1.45. The zero-order chi connectivity index (χ0) is 15.5. The van der Waals surface area contributed by atoms with E-state index in [1.807, 2.05) is 6.92 Å². The van der Waals surface area contributed by atoms with E-state index in [1.165, 1.54) is 12.1 Å². The van der Waals surface area contributed by atoms with E-state index in [-0.39, 0.29) is 28.4 Å². The molecule has 114 valence electrons. The second-order valence-electron chi connectivity index (χ2n) is 5.33. The van der Waals surface area contributed by atoms with E-state index < -0.39 is 4.92 Å². The maximum Gasteiger partial charge on any atom is 0.293 e. The summed E-state index contributed by atoms with van der Waals surface area (Å²) in [4.78, 5) is 23.0. The van der Waals surface area contributed by atoms with Gasteiger partial charge in [0.1, 0.15) is 5.69 Å². The van der Waals surface area contributed by atoms with Gasteiger partial charge in [-0.1, -0.05) is 6.07 Å². The van der Waals surface area contributed by atoms with Crippen LogP contribution in [0.1, 0.15) is 30.1 Å². The summed E-state index contributed by atoms with van der Waals surface area (Å²) in [5.41, 5.74) is 0.0580. The van der Waals surface area contributed by atoms with Crippen LogP contribution in [0.15, 0.2) is 18.2 Å². The summed E-state index contributed by atoms with van der Waals surface area (Å²) in [6.45, 7) is 3.17. The van der Waals surface area contributed by atoms with Crippen LogP contribution in [0, 0.1) is 10.1 Å². The second-order valence-corrected chi connectivity index (χ2v) is 5.33. The van der Waals surface area contributed by atoms with Crippen LogP contribution >= 0.6 is 0 Å². The van der Waals surface area contributed by atoms with Gasteiger partial charge in [-0.3, -0.25) is 14.9 Å². The van der Waals surface area contributed by atoms with Crippen molar-refractivity contribution < 1.29 is 14.5 Å². The highest BCUT2D eigenvalue weighted by atomic mass is 16.6. The number of nitro benzene ring substituents is 1. The Morgan fingerprint density at radius 1 is 1.38 bits per heavy atom. The highest BCUT2D eigenvalue weighted by Gasteiger charge is 2.31. The molecule has 1 aliphatic heterocycles. The van der Waals surface area contributed by atoms with Gasteiger partial charge in [0.2, 0.25) is 0 Å². The summed E-state index contributed by atoms with van der Waals surface area (Å²) in [7, 11) is 1.56. The molecule has 0 atom stereocenters. The number of carbonyl (C=O) groups excluding carboxylic acids is 1. The van der Waals surface area contributed by atoms with E-state index in [4.69, 9.17) is 4.74 Å². The molecule has 1 saturated heterocycles. The molecule has 21 heavy (non-hydrogen) atoms. The van der Waals surface area contributed by atoms with Crippen molar-refractivity contribution >= 4 is 17.3 Å². The first-order chi connectivity index (χ1) is 9.97. The van der Waals surface area contributed by atoms with Crippen molar-refractivity contribution in [3.05, 3.63) is 33.9 Å². The summed E-state index contributed by atoms with van der Waals surface area (Å²) in [6, 6.07) is 4.47. The minimum absolute atomic E-state index is 0.109. The topological polar surface area (TPSA) is 93.5 Å². The lowest BCUT2D eigenvalue weighted by atomic mass is 9.92. The summed E-state index contributed by atoms with van der Waals surface area (Å²) in [5.74, 6) is -0.313. The average Bonchev–Trinajstić information content (AvgIpc) is 2.46. The Hall–Kier alpha value is -2.15. The fourth-order valence-corrected chi connectivity index (χ4v) is 2.43. The number of hydrogen-bond donors (Lipinski definition) is 2. The number of rotatable bonds is 4. The first-order valence-electron chi connectivity index (χ1n) is 6.82. The number of nitro groups is 1. The molecule has 7 heteroatoms. The van der Waals surface area contributed by atoms with Gasteiger partial charge in [-0.25, -0.2) is 0 Å². The van der Waals surface area contributed by atoms with Crippen molar-refractivity contribution in [1.82, 2.24) is 5.32 Å². The van der Waals surface area contributed by atoms with Crippen molar-refractivity contribution in [2.75, 3.05) is 25.6 Å². The third kappa shape index (κ3) is 3.30. The Morgan fingerprint density at radius 3 is 2.62 bits per heavy atom. The van der Waals surface area contributed by atoms with Crippen LogP contribution in [0.4, 0.5) is 11.4 Å². The second kappa shape index (κ2) is 6.09. The molecule has 0 unspecified atom stereocenters. The van der Waals surface area contributed by atoms with Crippen LogP contribution in [0.2, 0.25) is 0 Å². The monoisotopic (exact) mass is 293 g/mol. The van der Waals surface area contributed by atoms with Crippen molar-refractivity contribution in [3.63, 3.8) is 0 Å². The van der Waals surface area contributed by atoms with Gasteiger partial charge < -0.3 is 15.4 Å². The lowest BCUT2D eigenvalue weighted by molar-refractivity contribution is -0.384. The first-order valence-corrected chi connectivity index (χ1v) is 6.82. The van der Waals surface area contributed by atoms with Gasteiger partial charge in [0.05, 0.1) is 10.5 Å². The lowest BCUT2D eigenvalue weighted by Crippen LogP contribution is -2.49. The van der Waals surface area contributed by atoms with Gasteiger partial charge in [0.25, 0.3) is 11.6 Å². The Labute approximate surface area is 122 Å². The molecule has 0 spiro atoms. The molecule has 0 saturated carbocycles. The van der Waals surface area contributed by atoms with E-state index in [0.29, 0.717) is 13.2 Å². The minimum Gasteiger partial charge on any atom is -0.382 e. The zero-order valence-electron chi connectivity index (χ0n) is 12.1. The quantitative estimate of drug-likeness (QED) is 0.653. The van der Waals surface area contributed by atoms with Crippen molar-refractivity contribution in [2.45, 2.75) is 25.3 Å². The number of benzene rings is 1. The highest BCUT2D eigenvalue weighted by Crippen LogP contribution is 2.29. The fraction of sp³-hybridized carbons (Fsp3) is 0.500. The van der Waals surface area contributed by atoms with Crippen LogP contribution in [-0.4, -0.2) is 36.6 Å². The van der Waals surface area contributed by atoms with Crippen LogP contribution in [0.3, 0.4) is 0 Å². The molecular formula is C14H19N3O4. The van der Waals surface area contributed by atoms with E-state index in [1.54, 1.807) is 13.1 Å². The number of amides is 1.